The normalized spacial score (nSPS) is 13.9. The van der Waals surface area contributed by atoms with E-state index in [-0.39, 0.29) is 12.2 Å². The van der Waals surface area contributed by atoms with Crippen LogP contribution in [0.3, 0.4) is 0 Å². The molecular weight excluding hydrogens is 346 g/mol. The van der Waals surface area contributed by atoms with Gasteiger partial charge in [0.15, 0.2) is 18.1 Å². The molecule has 0 unspecified atom stereocenters. The van der Waals surface area contributed by atoms with Gasteiger partial charge in [0.05, 0.1) is 0 Å². The van der Waals surface area contributed by atoms with E-state index in [1.807, 2.05) is 51.1 Å². The molecule has 0 saturated carbocycles. The Kier molecular flexibility index (Phi) is 5.21. The third-order valence-electron chi connectivity index (χ3n) is 4.12. The SMILES string of the molecule is Cc1ccccc1NC(=O)NNC(=O)COc1cccc2c1OC(C)(C)C2. The van der Waals surface area contributed by atoms with Crippen molar-refractivity contribution in [3.05, 3.63) is 53.6 Å². The molecule has 0 aromatic heterocycles. The summed E-state index contributed by atoms with van der Waals surface area (Å²) in [5.41, 5.74) is 6.95. The standard InChI is InChI=1S/C20H23N3O4/c1-13-7-4-5-9-15(13)21-19(25)23-22-17(24)12-26-16-10-6-8-14-11-20(2,3)27-18(14)16/h4-10H,11-12H2,1-3H3,(H,22,24)(H2,21,23,25). The van der Waals surface area contributed by atoms with Crippen molar-refractivity contribution in [3.8, 4) is 11.5 Å². The number of para-hydroxylation sites is 2. The van der Waals surface area contributed by atoms with Crippen LogP contribution in [0.2, 0.25) is 0 Å². The molecule has 1 aliphatic heterocycles. The Morgan fingerprint density at radius 1 is 1.11 bits per heavy atom. The molecule has 0 aliphatic carbocycles. The van der Waals surface area contributed by atoms with Crippen LogP contribution in [-0.2, 0) is 11.2 Å². The number of hydrazine groups is 1. The fourth-order valence-corrected chi connectivity index (χ4v) is 2.87. The van der Waals surface area contributed by atoms with Crippen LogP contribution in [0.15, 0.2) is 42.5 Å². The summed E-state index contributed by atoms with van der Waals surface area (Å²) in [5, 5.41) is 2.66. The van der Waals surface area contributed by atoms with Gasteiger partial charge in [-0.2, -0.15) is 0 Å². The number of nitrogens with one attached hydrogen (secondary N) is 3. The Balaban J connectivity index is 1.48. The summed E-state index contributed by atoms with van der Waals surface area (Å²) in [6.07, 6.45) is 0.784. The summed E-state index contributed by atoms with van der Waals surface area (Å²) in [5.74, 6) is 0.697. The van der Waals surface area contributed by atoms with Crippen molar-refractivity contribution >= 4 is 17.6 Å². The zero-order chi connectivity index (χ0) is 19.4. The first-order valence-electron chi connectivity index (χ1n) is 8.69. The number of urea groups is 1. The largest absolute Gasteiger partial charge is 0.483 e. The van der Waals surface area contributed by atoms with Crippen molar-refractivity contribution < 1.29 is 19.1 Å². The Hall–Kier alpha value is -3.22. The van der Waals surface area contributed by atoms with Crippen LogP contribution in [0.4, 0.5) is 10.5 Å². The minimum atomic E-state index is -0.539. The van der Waals surface area contributed by atoms with E-state index < -0.39 is 11.9 Å². The number of ether oxygens (including phenoxy) is 2. The number of anilines is 1. The van der Waals surface area contributed by atoms with Gasteiger partial charge < -0.3 is 14.8 Å². The first-order valence-corrected chi connectivity index (χ1v) is 8.69. The van der Waals surface area contributed by atoms with Gasteiger partial charge in [0.25, 0.3) is 5.91 Å². The molecule has 0 radical (unpaired) electrons. The van der Waals surface area contributed by atoms with Crippen LogP contribution >= 0.6 is 0 Å². The first kappa shape index (κ1) is 18.6. The fraction of sp³-hybridized carbons (Fsp3) is 0.300. The van der Waals surface area contributed by atoms with Crippen LogP contribution < -0.4 is 25.6 Å². The van der Waals surface area contributed by atoms with Gasteiger partial charge in [0, 0.05) is 17.7 Å². The molecule has 0 saturated heterocycles. The number of hydrogen-bond acceptors (Lipinski definition) is 4. The highest BCUT2D eigenvalue weighted by molar-refractivity contribution is 5.91. The van der Waals surface area contributed by atoms with Gasteiger partial charge in [-0.15, -0.1) is 0 Å². The Morgan fingerprint density at radius 2 is 1.89 bits per heavy atom. The highest BCUT2D eigenvalue weighted by atomic mass is 16.5. The number of benzene rings is 2. The molecule has 142 valence electrons. The van der Waals surface area contributed by atoms with Gasteiger partial charge in [-0.1, -0.05) is 30.3 Å². The highest BCUT2D eigenvalue weighted by Gasteiger charge is 2.32. The van der Waals surface area contributed by atoms with E-state index in [4.69, 9.17) is 9.47 Å². The van der Waals surface area contributed by atoms with Crippen molar-refractivity contribution in [2.45, 2.75) is 32.8 Å². The van der Waals surface area contributed by atoms with Gasteiger partial charge in [-0.05, 0) is 38.5 Å². The van der Waals surface area contributed by atoms with Gasteiger partial charge in [-0.3, -0.25) is 10.2 Å². The maximum Gasteiger partial charge on any atom is 0.337 e. The third-order valence-corrected chi connectivity index (χ3v) is 4.12. The van der Waals surface area contributed by atoms with Gasteiger partial charge in [0.1, 0.15) is 5.60 Å². The molecular formula is C20H23N3O4. The quantitative estimate of drug-likeness (QED) is 0.723. The minimum Gasteiger partial charge on any atom is -0.483 e. The second-order valence-corrected chi connectivity index (χ2v) is 7.01. The van der Waals surface area contributed by atoms with E-state index >= 15 is 0 Å². The molecule has 0 spiro atoms. The molecule has 0 bridgehead atoms. The molecule has 3 N–H and O–H groups in total. The van der Waals surface area contributed by atoms with E-state index in [2.05, 4.69) is 16.2 Å². The van der Waals surface area contributed by atoms with Crippen molar-refractivity contribution in [1.29, 1.82) is 0 Å². The Bertz CT molecular complexity index is 864. The zero-order valence-corrected chi connectivity index (χ0v) is 15.6. The summed E-state index contributed by atoms with van der Waals surface area (Å²) < 4.78 is 11.5. The van der Waals surface area contributed by atoms with Gasteiger partial charge >= 0.3 is 6.03 Å². The molecule has 7 heteroatoms. The maximum atomic E-state index is 11.9. The monoisotopic (exact) mass is 369 g/mol. The van der Waals surface area contributed by atoms with Gasteiger partial charge in [0.2, 0.25) is 0 Å². The Labute approximate surface area is 158 Å². The summed E-state index contributed by atoms with van der Waals surface area (Å²) in [6.45, 7) is 5.63. The lowest BCUT2D eigenvalue weighted by atomic mass is 10.0. The first-order chi connectivity index (χ1) is 12.8. The number of amides is 3. The number of carbonyl (C=O) groups excluding carboxylic acids is 2. The molecule has 2 aromatic rings. The summed E-state index contributed by atoms with van der Waals surface area (Å²) in [7, 11) is 0. The number of hydrogen-bond donors (Lipinski definition) is 3. The smallest absolute Gasteiger partial charge is 0.337 e. The molecule has 3 rings (SSSR count). The summed E-state index contributed by atoms with van der Waals surface area (Å²) in [6, 6.07) is 12.4. The van der Waals surface area contributed by atoms with Gasteiger partial charge in [-0.25, -0.2) is 10.2 Å². The lowest BCUT2D eigenvalue weighted by Gasteiger charge is -2.18. The molecule has 2 aromatic carbocycles. The summed E-state index contributed by atoms with van der Waals surface area (Å²) in [4.78, 5) is 23.8. The van der Waals surface area contributed by atoms with E-state index in [0.717, 1.165) is 17.5 Å². The van der Waals surface area contributed by atoms with Crippen molar-refractivity contribution in [1.82, 2.24) is 10.9 Å². The third kappa shape index (κ3) is 4.69. The second kappa shape index (κ2) is 7.57. The topological polar surface area (TPSA) is 88.7 Å². The lowest BCUT2D eigenvalue weighted by molar-refractivity contribution is -0.123. The highest BCUT2D eigenvalue weighted by Crippen LogP contribution is 2.41. The van der Waals surface area contributed by atoms with Crippen LogP contribution in [0.5, 0.6) is 11.5 Å². The number of fused-ring (bicyclic) bond motifs is 1. The molecule has 7 nitrogen and oxygen atoms in total. The van der Waals surface area contributed by atoms with E-state index in [9.17, 15) is 9.59 Å². The number of carbonyl (C=O) groups is 2. The maximum absolute atomic E-state index is 11.9. The van der Waals surface area contributed by atoms with Crippen molar-refractivity contribution in [2.24, 2.45) is 0 Å². The number of rotatable bonds is 4. The predicted molar refractivity (Wildman–Crippen MR) is 102 cm³/mol. The lowest BCUT2D eigenvalue weighted by Crippen LogP contribution is -2.45. The molecule has 27 heavy (non-hydrogen) atoms. The van der Waals surface area contributed by atoms with E-state index in [1.54, 1.807) is 12.1 Å². The molecule has 0 fully saturated rings. The van der Waals surface area contributed by atoms with E-state index in [0.29, 0.717) is 17.2 Å². The minimum absolute atomic E-state index is 0.245. The van der Waals surface area contributed by atoms with Crippen LogP contribution in [0, 0.1) is 6.92 Å². The summed E-state index contributed by atoms with van der Waals surface area (Å²) >= 11 is 0. The molecule has 0 atom stereocenters. The number of aryl methyl sites for hydroxylation is 1. The zero-order valence-electron chi connectivity index (χ0n) is 15.6. The average Bonchev–Trinajstić information content (AvgIpc) is 2.94. The van der Waals surface area contributed by atoms with E-state index in [1.165, 1.54) is 0 Å². The second-order valence-electron chi connectivity index (χ2n) is 7.01. The molecule has 1 aliphatic rings. The van der Waals surface area contributed by atoms with Crippen molar-refractivity contribution in [2.75, 3.05) is 11.9 Å². The predicted octanol–water partition coefficient (Wildman–Crippen LogP) is 2.94. The molecule has 3 amide bonds. The fourth-order valence-electron chi connectivity index (χ4n) is 2.87. The Morgan fingerprint density at radius 3 is 2.67 bits per heavy atom. The van der Waals surface area contributed by atoms with Crippen LogP contribution in [0.1, 0.15) is 25.0 Å². The van der Waals surface area contributed by atoms with Crippen LogP contribution in [-0.4, -0.2) is 24.1 Å². The molecule has 1 heterocycles. The average molecular weight is 369 g/mol. The van der Waals surface area contributed by atoms with Crippen molar-refractivity contribution in [3.63, 3.8) is 0 Å². The van der Waals surface area contributed by atoms with Crippen LogP contribution in [0.25, 0.3) is 0 Å².